The summed E-state index contributed by atoms with van der Waals surface area (Å²) in [6.45, 7) is 6.85. The van der Waals surface area contributed by atoms with E-state index in [1.54, 1.807) is 0 Å². The van der Waals surface area contributed by atoms with Crippen LogP contribution in [0.5, 0.6) is 0 Å². The summed E-state index contributed by atoms with van der Waals surface area (Å²) in [5, 5.41) is 0. The van der Waals surface area contributed by atoms with E-state index < -0.39 is 0 Å². The highest BCUT2D eigenvalue weighted by atomic mass is 16.1. The number of rotatable bonds is 6. The van der Waals surface area contributed by atoms with Crippen LogP contribution in [0.15, 0.2) is 0 Å². The van der Waals surface area contributed by atoms with E-state index >= 15 is 0 Å². The van der Waals surface area contributed by atoms with Crippen molar-refractivity contribution in [3.8, 4) is 0 Å². The molecule has 0 spiro atoms. The average Bonchev–Trinajstić information content (AvgIpc) is 2.12. The Labute approximate surface area is 86.6 Å². The van der Waals surface area contributed by atoms with Crippen molar-refractivity contribution in [2.45, 2.75) is 45.2 Å². The van der Waals surface area contributed by atoms with Crippen molar-refractivity contribution >= 4 is 5.91 Å². The van der Waals surface area contributed by atoms with E-state index in [9.17, 15) is 4.79 Å². The Morgan fingerprint density at radius 2 is 2.00 bits per heavy atom. The van der Waals surface area contributed by atoms with Gasteiger partial charge in [-0.15, -0.1) is 0 Å². The number of amides is 1. The summed E-state index contributed by atoms with van der Waals surface area (Å²) in [6, 6.07) is 0.0439. The summed E-state index contributed by atoms with van der Waals surface area (Å²) < 4.78 is 0. The first-order valence-electron chi connectivity index (χ1n) is 5.06. The molecule has 1 amide bonds. The summed E-state index contributed by atoms with van der Waals surface area (Å²) in [4.78, 5) is 13.0. The first-order chi connectivity index (χ1) is 6.35. The molecule has 84 valence electrons. The fourth-order valence-corrected chi connectivity index (χ4v) is 1.35. The van der Waals surface area contributed by atoms with Gasteiger partial charge in [-0.1, -0.05) is 6.92 Å². The lowest BCUT2D eigenvalue weighted by Crippen LogP contribution is -2.51. The minimum atomic E-state index is -0.292. The molecule has 4 N–H and O–H groups in total. The molecule has 0 aromatic rings. The molecule has 14 heavy (non-hydrogen) atoms. The van der Waals surface area contributed by atoms with E-state index in [1.807, 2.05) is 7.05 Å². The number of primary amides is 1. The predicted molar refractivity (Wildman–Crippen MR) is 58.8 cm³/mol. The van der Waals surface area contributed by atoms with Gasteiger partial charge in [0.1, 0.15) is 0 Å². The Hall–Kier alpha value is -0.610. The Morgan fingerprint density at radius 1 is 1.50 bits per heavy atom. The van der Waals surface area contributed by atoms with Crippen LogP contribution in [0.2, 0.25) is 0 Å². The molecule has 4 heteroatoms. The predicted octanol–water partition coefficient (Wildman–Crippen LogP) is 0.310. The van der Waals surface area contributed by atoms with Crippen LogP contribution in [0.4, 0.5) is 0 Å². The highest BCUT2D eigenvalue weighted by Gasteiger charge is 2.27. The van der Waals surface area contributed by atoms with Gasteiger partial charge in [-0.05, 0) is 27.3 Å². The second kappa shape index (κ2) is 5.32. The van der Waals surface area contributed by atoms with Crippen LogP contribution in [0.3, 0.4) is 0 Å². The molecule has 1 unspecified atom stereocenters. The van der Waals surface area contributed by atoms with Crippen LogP contribution in [-0.2, 0) is 4.79 Å². The average molecular weight is 201 g/mol. The molecule has 0 aromatic carbocycles. The number of hydrogen-bond acceptors (Lipinski definition) is 3. The molecule has 0 aliphatic heterocycles. The van der Waals surface area contributed by atoms with E-state index in [4.69, 9.17) is 11.5 Å². The Morgan fingerprint density at radius 3 is 2.29 bits per heavy atom. The van der Waals surface area contributed by atoms with Crippen molar-refractivity contribution in [1.82, 2.24) is 4.90 Å². The lowest BCUT2D eigenvalue weighted by atomic mass is 9.96. The maximum atomic E-state index is 10.8. The molecule has 0 aliphatic rings. The van der Waals surface area contributed by atoms with E-state index in [2.05, 4.69) is 25.7 Å². The van der Waals surface area contributed by atoms with Gasteiger partial charge in [-0.3, -0.25) is 9.69 Å². The maximum Gasteiger partial charge on any atom is 0.219 e. The van der Waals surface area contributed by atoms with E-state index in [-0.39, 0.29) is 17.5 Å². The van der Waals surface area contributed by atoms with Crippen molar-refractivity contribution in [3.05, 3.63) is 0 Å². The summed E-state index contributed by atoms with van der Waals surface area (Å²) >= 11 is 0. The van der Waals surface area contributed by atoms with Gasteiger partial charge < -0.3 is 11.5 Å². The summed E-state index contributed by atoms with van der Waals surface area (Å²) in [7, 11) is 1.99. The molecular formula is C10H23N3O. The molecule has 4 nitrogen and oxygen atoms in total. The van der Waals surface area contributed by atoms with Crippen molar-refractivity contribution in [1.29, 1.82) is 0 Å². The van der Waals surface area contributed by atoms with Crippen LogP contribution in [0.25, 0.3) is 0 Å². The van der Waals surface area contributed by atoms with Gasteiger partial charge in [0.2, 0.25) is 5.91 Å². The minimum absolute atomic E-state index is 0.0439. The van der Waals surface area contributed by atoms with Crippen molar-refractivity contribution in [3.63, 3.8) is 0 Å². The Kier molecular flexibility index (Phi) is 5.08. The van der Waals surface area contributed by atoms with Gasteiger partial charge >= 0.3 is 0 Å². The zero-order valence-electron chi connectivity index (χ0n) is 9.71. The van der Waals surface area contributed by atoms with Crippen LogP contribution < -0.4 is 11.5 Å². The number of nitrogens with zero attached hydrogens (tertiary/aromatic N) is 1. The van der Waals surface area contributed by atoms with Gasteiger partial charge in [0.05, 0.1) is 0 Å². The fourth-order valence-electron chi connectivity index (χ4n) is 1.35. The Bertz CT molecular complexity index is 192. The van der Waals surface area contributed by atoms with Crippen LogP contribution in [0, 0.1) is 0 Å². The van der Waals surface area contributed by atoms with Crippen LogP contribution in [0.1, 0.15) is 33.6 Å². The molecule has 0 heterocycles. The quantitative estimate of drug-likeness (QED) is 0.649. The van der Waals surface area contributed by atoms with Crippen molar-refractivity contribution in [2.24, 2.45) is 11.5 Å². The van der Waals surface area contributed by atoms with Gasteiger partial charge in [-0.2, -0.15) is 0 Å². The minimum Gasteiger partial charge on any atom is -0.370 e. The highest BCUT2D eigenvalue weighted by molar-refractivity contribution is 5.74. The summed E-state index contributed by atoms with van der Waals surface area (Å²) in [5.74, 6) is -0.292. The van der Waals surface area contributed by atoms with Crippen molar-refractivity contribution < 1.29 is 4.79 Å². The monoisotopic (exact) mass is 201 g/mol. The van der Waals surface area contributed by atoms with E-state index in [1.165, 1.54) is 0 Å². The number of nitrogens with two attached hydrogens (primary N) is 2. The summed E-state index contributed by atoms with van der Waals surface area (Å²) in [6.07, 6.45) is 1.34. The first kappa shape index (κ1) is 13.4. The number of likely N-dealkylation sites (N-methyl/N-ethyl adjacent to an activating group) is 1. The fraction of sp³-hybridized carbons (Fsp3) is 0.900. The molecule has 0 rings (SSSR count). The summed E-state index contributed by atoms with van der Waals surface area (Å²) in [5.41, 5.74) is 10.8. The number of carbonyl (C=O) groups is 1. The third kappa shape index (κ3) is 3.64. The molecule has 0 aliphatic carbocycles. The zero-order chi connectivity index (χ0) is 11.4. The van der Waals surface area contributed by atoms with Crippen molar-refractivity contribution in [2.75, 3.05) is 13.6 Å². The van der Waals surface area contributed by atoms with Gasteiger partial charge in [-0.25, -0.2) is 0 Å². The third-order valence-corrected chi connectivity index (χ3v) is 3.08. The Balaban J connectivity index is 4.44. The molecule has 0 fully saturated rings. The van der Waals surface area contributed by atoms with Gasteiger partial charge in [0.25, 0.3) is 0 Å². The molecule has 0 saturated carbocycles. The lowest BCUT2D eigenvalue weighted by Gasteiger charge is -2.40. The van der Waals surface area contributed by atoms with E-state index in [0.717, 1.165) is 6.42 Å². The largest absolute Gasteiger partial charge is 0.370 e. The SMILES string of the molecule is CCC(C)(C)N(C)C(CN)CC(N)=O. The van der Waals surface area contributed by atoms with E-state index in [0.29, 0.717) is 13.0 Å². The molecule has 0 bridgehead atoms. The first-order valence-corrected chi connectivity index (χ1v) is 5.06. The molecule has 1 atom stereocenters. The van der Waals surface area contributed by atoms with Crippen LogP contribution >= 0.6 is 0 Å². The second-order valence-corrected chi connectivity index (χ2v) is 4.34. The smallest absolute Gasteiger partial charge is 0.219 e. The normalized spacial score (nSPS) is 14.4. The maximum absolute atomic E-state index is 10.8. The van der Waals surface area contributed by atoms with Gasteiger partial charge in [0, 0.05) is 24.5 Å². The molecule has 0 aromatic heterocycles. The second-order valence-electron chi connectivity index (χ2n) is 4.34. The highest BCUT2D eigenvalue weighted by Crippen LogP contribution is 2.20. The zero-order valence-corrected chi connectivity index (χ0v) is 9.71. The number of carbonyl (C=O) groups excluding carboxylic acids is 1. The van der Waals surface area contributed by atoms with Crippen LogP contribution in [-0.4, -0.2) is 36.0 Å². The molecular weight excluding hydrogens is 178 g/mol. The topological polar surface area (TPSA) is 72.3 Å². The standard InChI is InChI=1S/C10H23N3O/c1-5-10(2,3)13(4)8(7-11)6-9(12)14/h8H,5-7,11H2,1-4H3,(H2,12,14). The van der Waals surface area contributed by atoms with Gasteiger partial charge in [0.15, 0.2) is 0 Å². The number of hydrogen-bond donors (Lipinski definition) is 2. The molecule has 0 radical (unpaired) electrons. The third-order valence-electron chi connectivity index (χ3n) is 3.08. The molecule has 0 saturated heterocycles. The lowest BCUT2D eigenvalue weighted by molar-refractivity contribution is -0.119.